The molecule has 106 valence electrons. The lowest BCUT2D eigenvalue weighted by Crippen LogP contribution is -2.21. The van der Waals surface area contributed by atoms with Gasteiger partial charge in [-0.2, -0.15) is 0 Å². The zero-order valence-corrected chi connectivity index (χ0v) is 12.2. The van der Waals surface area contributed by atoms with E-state index >= 15 is 0 Å². The number of nitrogens with one attached hydrogen (secondary N) is 1. The van der Waals surface area contributed by atoms with Crippen LogP contribution in [0.25, 0.3) is 0 Å². The van der Waals surface area contributed by atoms with Gasteiger partial charge in [-0.05, 0) is 25.8 Å². The molecular weight excluding hydrogens is 234 g/mol. The zero-order chi connectivity index (χ0) is 13.3. The number of benzene rings is 1. The van der Waals surface area contributed by atoms with E-state index in [0.717, 1.165) is 6.61 Å². The van der Waals surface area contributed by atoms with Crippen molar-refractivity contribution in [2.24, 2.45) is 0 Å². The Kier molecular flexibility index (Phi) is 6.22. The van der Waals surface area contributed by atoms with Crippen molar-refractivity contribution < 1.29 is 4.74 Å². The molecule has 0 aliphatic heterocycles. The molecule has 2 heteroatoms. The Bertz CT molecular complexity index is 356. The Hall–Kier alpha value is -1.02. The summed E-state index contributed by atoms with van der Waals surface area (Å²) >= 11 is 0. The van der Waals surface area contributed by atoms with Crippen molar-refractivity contribution >= 4 is 5.69 Å². The maximum Gasteiger partial charge on any atom is 0.0736 e. The first-order valence-corrected chi connectivity index (χ1v) is 7.82. The molecule has 1 aliphatic carbocycles. The van der Waals surface area contributed by atoms with E-state index in [0.29, 0.717) is 12.6 Å². The minimum Gasteiger partial charge on any atom is -0.382 e. The molecule has 0 aromatic heterocycles. The molecule has 2 nitrogen and oxygen atoms in total. The molecule has 1 aromatic rings. The summed E-state index contributed by atoms with van der Waals surface area (Å²) in [4.78, 5) is 0. The van der Waals surface area contributed by atoms with Crippen LogP contribution in [0.4, 0.5) is 5.69 Å². The number of ether oxygens (including phenoxy) is 1. The van der Waals surface area contributed by atoms with Gasteiger partial charge in [-0.25, -0.2) is 0 Å². The summed E-state index contributed by atoms with van der Waals surface area (Å²) in [6, 6.07) is 9.20. The predicted molar refractivity (Wildman–Crippen MR) is 81.5 cm³/mol. The quantitative estimate of drug-likeness (QED) is 0.826. The smallest absolute Gasteiger partial charge is 0.0736 e. The van der Waals surface area contributed by atoms with Gasteiger partial charge in [-0.3, -0.25) is 0 Å². The summed E-state index contributed by atoms with van der Waals surface area (Å²) < 4.78 is 5.55. The molecule has 19 heavy (non-hydrogen) atoms. The molecular formula is C17H27NO. The number of hydrogen-bond acceptors (Lipinski definition) is 2. The number of rotatable bonds is 5. The molecule has 0 atom stereocenters. The monoisotopic (exact) mass is 261 g/mol. The van der Waals surface area contributed by atoms with Crippen LogP contribution in [0.1, 0.15) is 57.4 Å². The van der Waals surface area contributed by atoms with Gasteiger partial charge >= 0.3 is 0 Å². The molecule has 0 spiro atoms. The number of para-hydroxylation sites is 1. The Balaban J connectivity index is 1.96. The van der Waals surface area contributed by atoms with E-state index in [1.807, 2.05) is 6.92 Å². The van der Waals surface area contributed by atoms with Crippen molar-refractivity contribution in [2.75, 3.05) is 11.9 Å². The maximum absolute atomic E-state index is 5.55. The summed E-state index contributed by atoms with van der Waals surface area (Å²) in [5.74, 6) is 0. The van der Waals surface area contributed by atoms with Crippen LogP contribution in [0.2, 0.25) is 0 Å². The van der Waals surface area contributed by atoms with Gasteiger partial charge in [0.2, 0.25) is 0 Å². The normalized spacial score (nSPS) is 17.7. The highest BCUT2D eigenvalue weighted by Crippen LogP contribution is 2.23. The summed E-state index contributed by atoms with van der Waals surface area (Å²) in [5.41, 5.74) is 2.55. The van der Waals surface area contributed by atoms with Gasteiger partial charge in [0.1, 0.15) is 0 Å². The van der Waals surface area contributed by atoms with Gasteiger partial charge < -0.3 is 10.1 Å². The van der Waals surface area contributed by atoms with Crippen LogP contribution in [-0.2, 0) is 11.3 Å². The molecule has 0 bridgehead atoms. The first-order chi connectivity index (χ1) is 9.40. The summed E-state index contributed by atoms with van der Waals surface area (Å²) in [7, 11) is 0. The molecule has 2 rings (SSSR count). The van der Waals surface area contributed by atoms with Crippen molar-refractivity contribution in [2.45, 2.75) is 64.5 Å². The van der Waals surface area contributed by atoms with Crippen molar-refractivity contribution in [3.63, 3.8) is 0 Å². The fourth-order valence-electron chi connectivity index (χ4n) is 2.82. The van der Waals surface area contributed by atoms with E-state index in [4.69, 9.17) is 4.74 Å². The minimum atomic E-state index is 0.642. The fraction of sp³-hybridized carbons (Fsp3) is 0.647. The Morgan fingerprint density at radius 1 is 1.05 bits per heavy atom. The molecule has 0 radical (unpaired) electrons. The molecule has 1 fully saturated rings. The standard InChI is InChI=1S/C17H27NO/c1-2-19-14-15-10-8-9-13-17(15)18-16-11-6-4-3-5-7-12-16/h8-10,13,16,18H,2-7,11-12,14H2,1H3. The van der Waals surface area contributed by atoms with Crippen LogP contribution >= 0.6 is 0 Å². The zero-order valence-electron chi connectivity index (χ0n) is 12.2. The van der Waals surface area contributed by atoms with E-state index in [1.165, 1.54) is 56.2 Å². The van der Waals surface area contributed by atoms with E-state index in [2.05, 4.69) is 29.6 Å². The molecule has 1 aromatic carbocycles. The Morgan fingerprint density at radius 3 is 2.47 bits per heavy atom. The van der Waals surface area contributed by atoms with Gasteiger partial charge in [0.05, 0.1) is 6.61 Å². The molecule has 0 heterocycles. The fourth-order valence-corrected chi connectivity index (χ4v) is 2.82. The average molecular weight is 261 g/mol. The third kappa shape index (κ3) is 4.87. The lowest BCUT2D eigenvalue weighted by Gasteiger charge is -2.23. The molecule has 0 amide bonds. The summed E-state index contributed by atoms with van der Waals surface area (Å²) in [5, 5.41) is 3.75. The predicted octanol–water partition coefficient (Wildman–Crippen LogP) is 4.75. The van der Waals surface area contributed by atoms with Crippen molar-refractivity contribution in [1.29, 1.82) is 0 Å². The summed E-state index contributed by atoms with van der Waals surface area (Å²) in [6.07, 6.45) is 9.58. The van der Waals surface area contributed by atoms with Gasteiger partial charge in [0.25, 0.3) is 0 Å². The Morgan fingerprint density at radius 2 is 1.74 bits per heavy atom. The highest BCUT2D eigenvalue weighted by Gasteiger charge is 2.12. The van der Waals surface area contributed by atoms with Gasteiger partial charge in [-0.1, -0.05) is 50.3 Å². The van der Waals surface area contributed by atoms with Gasteiger partial charge in [0.15, 0.2) is 0 Å². The van der Waals surface area contributed by atoms with Crippen LogP contribution in [0.15, 0.2) is 24.3 Å². The first-order valence-electron chi connectivity index (χ1n) is 7.82. The van der Waals surface area contributed by atoms with Crippen LogP contribution in [0, 0.1) is 0 Å². The van der Waals surface area contributed by atoms with E-state index in [-0.39, 0.29) is 0 Å². The number of anilines is 1. The summed E-state index contributed by atoms with van der Waals surface area (Å²) in [6.45, 7) is 3.54. The second-order valence-corrected chi connectivity index (χ2v) is 5.48. The third-order valence-electron chi connectivity index (χ3n) is 3.94. The lowest BCUT2D eigenvalue weighted by molar-refractivity contribution is 0.134. The third-order valence-corrected chi connectivity index (χ3v) is 3.94. The van der Waals surface area contributed by atoms with Crippen LogP contribution in [0.3, 0.4) is 0 Å². The first kappa shape index (κ1) is 14.4. The van der Waals surface area contributed by atoms with E-state index in [1.54, 1.807) is 0 Å². The minimum absolute atomic E-state index is 0.642. The average Bonchev–Trinajstić information content (AvgIpc) is 2.40. The van der Waals surface area contributed by atoms with Crippen molar-refractivity contribution in [3.8, 4) is 0 Å². The second-order valence-electron chi connectivity index (χ2n) is 5.48. The van der Waals surface area contributed by atoms with E-state index in [9.17, 15) is 0 Å². The van der Waals surface area contributed by atoms with Crippen molar-refractivity contribution in [3.05, 3.63) is 29.8 Å². The molecule has 1 saturated carbocycles. The molecule has 1 aliphatic rings. The topological polar surface area (TPSA) is 21.3 Å². The van der Waals surface area contributed by atoms with Crippen LogP contribution < -0.4 is 5.32 Å². The molecule has 1 N–H and O–H groups in total. The number of hydrogen-bond donors (Lipinski definition) is 1. The second kappa shape index (κ2) is 8.21. The van der Waals surface area contributed by atoms with Crippen molar-refractivity contribution in [1.82, 2.24) is 0 Å². The molecule has 0 saturated heterocycles. The SMILES string of the molecule is CCOCc1ccccc1NC1CCCCCCC1. The molecule has 0 unspecified atom stereocenters. The highest BCUT2D eigenvalue weighted by atomic mass is 16.5. The lowest BCUT2D eigenvalue weighted by atomic mass is 9.96. The van der Waals surface area contributed by atoms with E-state index < -0.39 is 0 Å². The van der Waals surface area contributed by atoms with Gasteiger partial charge in [-0.15, -0.1) is 0 Å². The largest absolute Gasteiger partial charge is 0.382 e. The Labute approximate surface area is 117 Å². The maximum atomic E-state index is 5.55. The van der Waals surface area contributed by atoms with Crippen LogP contribution in [-0.4, -0.2) is 12.6 Å². The van der Waals surface area contributed by atoms with Crippen LogP contribution in [0.5, 0.6) is 0 Å². The van der Waals surface area contributed by atoms with Gasteiger partial charge in [0, 0.05) is 23.9 Å². The highest BCUT2D eigenvalue weighted by molar-refractivity contribution is 5.51.